The van der Waals surface area contributed by atoms with Gasteiger partial charge in [-0.05, 0) is 57.6 Å². The Bertz CT molecular complexity index is 978. The molecular formula is C23H34N4O3S. The summed E-state index contributed by atoms with van der Waals surface area (Å²) in [6.45, 7) is 8.97. The number of aromatic nitrogens is 2. The van der Waals surface area contributed by atoms with Crippen LogP contribution in [0.3, 0.4) is 0 Å². The highest BCUT2D eigenvalue weighted by Gasteiger charge is 2.30. The fourth-order valence-corrected chi connectivity index (χ4v) is 5.86. The summed E-state index contributed by atoms with van der Waals surface area (Å²) >= 11 is 0. The third-order valence-electron chi connectivity index (χ3n) is 6.17. The SMILES string of the molecule is CCN(Cc1cnn(CC)c1)C(=O)CCC1CCN(S(=O)(=O)c2ccccc2C)CC1. The molecule has 0 N–H and O–H groups in total. The number of carbonyl (C=O) groups is 1. The molecule has 0 spiro atoms. The second kappa shape index (κ2) is 10.4. The maximum atomic E-state index is 13.0. The van der Waals surface area contributed by atoms with E-state index in [1.54, 1.807) is 16.4 Å². The second-order valence-electron chi connectivity index (χ2n) is 8.26. The maximum absolute atomic E-state index is 13.0. The van der Waals surface area contributed by atoms with Crippen molar-refractivity contribution in [2.75, 3.05) is 19.6 Å². The summed E-state index contributed by atoms with van der Waals surface area (Å²) in [5.74, 6) is 0.538. The Morgan fingerprint density at radius 1 is 1.19 bits per heavy atom. The molecule has 2 aromatic rings. The van der Waals surface area contributed by atoms with E-state index in [9.17, 15) is 13.2 Å². The zero-order valence-electron chi connectivity index (χ0n) is 18.8. The van der Waals surface area contributed by atoms with Crippen LogP contribution in [0.5, 0.6) is 0 Å². The molecular weight excluding hydrogens is 412 g/mol. The first-order valence-corrected chi connectivity index (χ1v) is 12.6. The van der Waals surface area contributed by atoms with E-state index < -0.39 is 10.0 Å². The summed E-state index contributed by atoms with van der Waals surface area (Å²) in [7, 11) is -3.45. The van der Waals surface area contributed by atoms with Gasteiger partial charge in [0.25, 0.3) is 0 Å². The van der Waals surface area contributed by atoms with Crippen molar-refractivity contribution in [3.05, 3.63) is 47.8 Å². The molecule has 170 valence electrons. The van der Waals surface area contributed by atoms with Crippen LogP contribution < -0.4 is 0 Å². The Labute approximate surface area is 186 Å². The van der Waals surface area contributed by atoms with Crippen molar-refractivity contribution < 1.29 is 13.2 Å². The number of sulfonamides is 1. The van der Waals surface area contributed by atoms with Crippen LogP contribution >= 0.6 is 0 Å². The van der Waals surface area contributed by atoms with Gasteiger partial charge in [0.15, 0.2) is 0 Å². The molecule has 3 rings (SSSR count). The molecule has 0 radical (unpaired) electrons. The van der Waals surface area contributed by atoms with Crippen LogP contribution in [0, 0.1) is 12.8 Å². The minimum Gasteiger partial charge on any atom is -0.339 e. The minimum atomic E-state index is -3.45. The Hall–Kier alpha value is -2.19. The monoisotopic (exact) mass is 446 g/mol. The topological polar surface area (TPSA) is 75.5 Å². The molecule has 1 amide bonds. The molecule has 1 aliphatic rings. The first-order chi connectivity index (χ1) is 14.8. The Balaban J connectivity index is 1.49. The van der Waals surface area contributed by atoms with E-state index in [2.05, 4.69) is 5.10 Å². The number of rotatable bonds is 9. The fraction of sp³-hybridized carbons (Fsp3) is 0.565. The molecule has 1 aromatic heterocycles. The molecule has 1 aromatic carbocycles. The standard InChI is InChI=1S/C23H34N4O3S/c1-4-25(17-21-16-24-26(5-2)18-21)23(28)11-10-20-12-14-27(15-13-20)31(29,30)22-9-7-6-8-19(22)3/h6-9,16,18,20H,4-5,10-15,17H2,1-3H3. The smallest absolute Gasteiger partial charge is 0.243 e. The molecule has 2 heterocycles. The number of piperidine rings is 1. The van der Waals surface area contributed by atoms with Gasteiger partial charge >= 0.3 is 0 Å². The minimum absolute atomic E-state index is 0.154. The maximum Gasteiger partial charge on any atom is 0.243 e. The molecule has 0 atom stereocenters. The van der Waals surface area contributed by atoms with Crippen LogP contribution in [0.15, 0.2) is 41.6 Å². The Morgan fingerprint density at radius 3 is 2.52 bits per heavy atom. The quantitative estimate of drug-likeness (QED) is 0.591. The van der Waals surface area contributed by atoms with Crippen LogP contribution in [-0.2, 0) is 27.9 Å². The van der Waals surface area contributed by atoms with E-state index in [0.717, 1.165) is 36.9 Å². The van der Waals surface area contributed by atoms with E-state index in [4.69, 9.17) is 0 Å². The lowest BCUT2D eigenvalue weighted by Gasteiger charge is -2.32. The summed E-state index contributed by atoms with van der Waals surface area (Å²) < 4.78 is 29.4. The van der Waals surface area contributed by atoms with Gasteiger partial charge in [-0.2, -0.15) is 9.40 Å². The van der Waals surface area contributed by atoms with Gasteiger partial charge in [-0.3, -0.25) is 9.48 Å². The zero-order valence-corrected chi connectivity index (χ0v) is 19.6. The normalized spacial score (nSPS) is 15.8. The second-order valence-corrected chi connectivity index (χ2v) is 10.2. The Kier molecular flexibility index (Phi) is 7.89. The van der Waals surface area contributed by atoms with Crippen molar-refractivity contribution in [2.45, 2.75) is 64.4 Å². The van der Waals surface area contributed by atoms with Crippen molar-refractivity contribution in [2.24, 2.45) is 5.92 Å². The van der Waals surface area contributed by atoms with Crippen molar-refractivity contribution in [1.29, 1.82) is 0 Å². The van der Waals surface area contributed by atoms with Crippen molar-refractivity contribution in [3.63, 3.8) is 0 Å². The van der Waals surface area contributed by atoms with Gasteiger partial charge in [-0.1, -0.05) is 18.2 Å². The van der Waals surface area contributed by atoms with Crippen molar-refractivity contribution in [3.8, 4) is 0 Å². The van der Waals surface area contributed by atoms with Crippen LogP contribution in [-0.4, -0.2) is 52.9 Å². The highest BCUT2D eigenvalue weighted by atomic mass is 32.2. The van der Waals surface area contributed by atoms with Crippen LogP contribution in [0.25, 0.3) is 0 Å². The number of aryl methyl sites for hydroxylation is 2. The molecule has 0 bridgehead atoms. The van der Waals surface area contributed by atoms with E-state index in [1.807, 2.05) is 54.9 Å². The zero-order chi connectivity index (χ0) is 22.4. The summed E-state index contributed by atoms with van der Waals surface area (Å²) in [4.78, 5) is 15.0. The molecule has 0 aliphatic carbocycles. The van der Waals surface area contributed by atoms with E-state index >= 15 is 0 Å². The van der Waals surface area contributed by atoms with E-state index in [1.165, 1.54) is 0 Å². The lowest BCUT2D eigenvalue weighted by atomic mass is 9.93. The lowest BCUT2D eigenvalue weighted by Crippen LogP contribution is -2.39. The van der Waals surface area contributed by atoms with Gasteiger partial charge in [0.05, 0.1) is 11.1 Å². The van der Waals surface area contributed by atoms with Crippen molar-refractivity contribution >= 4 is 15.9 Å². The van der Waals surface area contributed by atoms with Gasteiger partial charge in [-0.25, -0.2) is 8.42 Å². The predicted molar refractivity (Wildman–Crippen MR) is 121 cm³/mol. The van der Waals surface area contributed by atoms with E-state index in [-0.39, 0.29) is 5.91 Å². The summed E-state index contributed by atoms with van der Waals surface area (Å²) in [6, 6.07) is 7.13. The lowest BCUT2D eigenvalue weighted by molar-refractivity contribution is -0.132. The van der Waals surface area contributed by atoms with Gasteiger partial charge in [0, 0.05) is 50.9 Å². The number of amides is 1. The molecule has 1 aliphatic heterocycles. The summed E-state index contributed by atoms with van der Waals surface area (Å²) in [6.07, 6.45) is 6.72. The number of carbonyl (C=O) groups excluding carboxylic acids is 1. The molecule has 7 nitrogen and oxygen atoms in total. The van der Waals surface area contributed by atoms with E-state index in [0.29, 0.717) is 43.4 Å². The summed E-state index contributed by atoms with van der Waals surface area (Å²) in [5, 5.41) is 4.28. The van der Waals surface area contributed by atoms with Crippen LogP contribution in [0.1, 0.15) is 50.7 Å². The van der Waals surface area contributed by atoms with Gasteiger partial charge < -0.3 is 4.90 Å². The average molecular weight is 447 g/mol. The molecule has 0 unspecified atom stereocenters. The highest BCUT2D eigenvalue weighted by molar-refractivity contribution is 7.89. The summed E-state index contributed by atoms with van der Waals surface area (Å²) in [5.41, 5.74) is 1.83. The number of benzene rings is 1. The fourth-order valence-electron chi connectivity index (χ4n) is 4.17. The largest absolute Gasteiger partial charge is 0.339 e. The third kappa shape index (κ3) is 5.74. The average Bonchev–Trinajstić information content (AvgIpc) is 3.24. The van der Waals surface area contributed by atoms with Crippen LogP contribution in [0.4, 0.5) is 0 Å². The first-order valence-electron chi connectivity index (χ1n) is 11.2. The third-order valence-corrected chi connectivity index (χ3v) is 8.23. The first kappa shape index (κ1) is 23.5. The molecule has 1 saturated heterocycles. The molecule has 31 heavy (non-hydrogen) atoms. The Morgan fingerprint density at radius 2 is 1.90 bits per heavy atom. The van der Waals surface area contributed by atoms with Gasteiger partial charge in [0.1, 0.15) is 0 Å². The molecule has 8 heteroatoms. The van der Waals surface area contributed by atoms with Crippen LogP contribution in [0.2, 0.25) is 0 Å². The molecule has 1 fully saturated rings. The predicted octanol–water partition coefficient (Wildman–Crippen LogP) is 3.44. The van der Waals surface area contributed by atoms with Gasteiger partial charge in [-0.15, -0.1) is 0 Å². The van der Waals surface area contributed by atoms with Gasteiger partial charge in [0.2, 0.25) is 15.9 Å². The number of hydrogen-bond donors (Lipinski definition) is 0. The highest BCUT2D eigenvalue weighted by Crippen LogP contribution is 2.28. The van der Waals surface area contributed by atoms with Crippen molar-refractivity contribution in [1.82, 2.24) is 19.0 Å². The molecule has 0 saturated carbocycles. The number of nitrogens with zero attached hydrogens (tertiary/aromatic N) is 4. The number of hydrogen-bond acceptors (Lipinski definition) is 4.